The van der Waals surface area contributed by atoms with Crippen LogP contribution in [0.1, 0.15) is 12.0 Å². The van der Waals surface area contributed by atoms with Gasteiger partial charge in [0.15, 0.2) is 11.5 Å². The van der Waals surface area contributed by atoms with Crippen LogP contribution < -0.4 is 14.8 Å². The van der Waals surface area contributed by atoms with E-state index in [1.165, 1.54) is 5.56 Å². The highest BCUT2D eigenvalue weighted by Crippen LogP contribution is 2.32. The molecule has 2 aromatic rings. The summed E-state index contributed by atoms with van der Waals surface area (Å²) >= 11 is 0. The van der Waals surface area contributed by atoms with E-state index in [2.05, 4.69) is 10.3 Å². The molecule has 0 aliphatic carbocycles. The summed E-state index contributed by atoms with van der Waals surface area (Å²) in [6.45, 7) is 2.43. The first kappa shape index (κ1) is 17.1. The predicted octanol–water partition coefficient (Wildman–Crippen LogP) is 2.36. The van der Waals surface area contributed by atoms with Gasteiger partial charge in [-0.25, -0.2) is 0 Å². The van der Waals surface area contributed by atoms with Crippen molar-refractivity contribution >= 4 is 11.6 Å². The van der Waals surface area contributed by atoms with Crippen molar-refractivity contribution < 1.29 is 14.3 Å². The number of amides is 1. The number of rotatable bonds is 7. The molecule has 2 heterocycles. The molecule has 3 rings (SSSR count). The number of fused-ring (bicyclic) bond motifs is 1. The van der Waals surface area contributed by atoms with Gasteiger partial charge in [-0.05, 0) is 36.2 Å². The lowest BCUT2D eigenvalue weighted by Crippen LogP contribution is -2.30. The first-order valence-electron chi connectivity index (χ1n) is 8.49. The largest absolute Gasteiger partial charge is 0.486 e. The number of benzene rings is 1. The van der Waals surface area contributed by atoms with Crippen molar-refractivity contribution in [1.82, 2.24) is 9.88 Å². The highest BCUT2D eigenvalue weighted by Gasteiger charge is 2.12. The van der Waals surface area contributed by atoms with Gasteiger partial charge in [0.2, 0.25) is 5.91 Å². The number of nitrogens with one attached hydrogen (secondary N) is 1. The van der Waals surface area contributed by atoms with Gasteiger partial charge in [0, 0.05) is 50.7 Å². The highest BCUT2D eigenvalue weighted by atomic mass is 16.6. The van der Waals surface area contributed by atoms with Gasteiger partial charge in [0.05, 0.1) is 0 Å². The number of aromatic nitrogens is 1. The maximum absolute atomic E-state index is 12.2. The minimum atomic E-state index is 0.124. The molecule has 0 fully saturated rings. The fourth-order valence-corrected chi connectivity index (χ4v) is 2.63. The van der Waals surface area contributed by atoms with Crippen LogP contribution in [0.4, 0.5) is 5.69 Å². The molecule has 6 nitrogen and oxygen atoms in total. The van der Waals surface area contributed by atoms with E-state index in [0.717, 1.165) is 23.6 Å². The average molecular weight is 341 g/mol. The van der Waals surface area contributed by atoms with Gasteiger partial charge >= 0.3 is 0 Å². The first-order chi connectivity index (χ1) is 12.2. The molecular formula is C19H23N3O3. The van der Waals surface area contributed by atoms with E-state index in [9.17, 15) is 4.79 Å². The number of hydrogen-bond donors (Lipinski definition) is 1. The van der Waals surface area contributed by atoms with Gasteiger partial charge in [-0.3, -0.25) is 9.78 Å². The first-order valence-corrected chi connectivity index (χ1v) is 8.49. The second-order valence-electron chi connectivity index (χ2n) is 5.96. The highest BCUT2D eigenvalue weighted by molar-refractivity contribution is 5.76. The third-order valence-electron chi connectivity index (χ3n) is 4.12. The number of nitrogens with zero attached hydrogens (tertiary/aromatic N) is 2. The summed E-state index contributed by atoms with van der Waals surface area (Å²) < 4.78 is 11.1. The lowest BCUT2D eigenvalue weighted by atomic mass is 10.2. The molecule has 0 atom stereocenters. The molecule has 6 heteroatoms. The Balaban J connectivity index is 1.41. The van der Waals surface area contributed by atoms with Crippen molar-refractivity contribution in [1.29, 1.82) is 0 Å². The Morgan fingerprint density at radius 2 is 1.92 bits per heavy atom. The van der Waals surface area contributed by atoms with Crippen LogP contribution in [-0.4, -0.2) is 49.1 Å². The number of pyridine rings is 1. The predicted molar refractivity (Wildman–Crippen MR) is 96.1 cm³/mol. The summed E-state index contributed by atoms with van der Waals surface area (Å²) in [4.78, 5) is 18.0. The summed E-state index contributed by atoms with van der Waals surface area (Å²) in [6, 6.07) is 9.68. The molecule has 1 amide bonds. The van der Waals surface area contributed by atoms with Crippen molar-refractivity contribution in [3.05, 3.63) is 48.3 Å². The Bertz CT molecular complexity index is 706. The third-order valence-corrected chi connectivity index (χ3v) is 4.12. The standard InChI is InChI=1S/C19H23N3O3/c1-22(11-7-15-4-8-20-9-5-15)19(23)6-10-21-16-2-3-17-18(14-16)25-13-12-24-17/h2-5,8-9,14,21H,6-7,10-13H2,1H3. The fourth-order valence-electron chi connectivity index (χ4n) is 2.63. The summed E-state index contributed by atoms with van der Waals surface area (Å²) in [5, 5.41) is 3.26. The Morgan fingerprint density at radius 1 is 1.16 bits per heavy atom. The van der Waals surface area contributed by atoms with Gasteiger partial charge in [0.25, 0.3) is 0 Å². The molecule has 25 heavy (non-hydrogen) atoms. The zero-order valence-electron chi connectivity index (χ0n) is 14.4. The molecule has 0 radical (unpaired) electrons. The number of hydrogen-bond acceptors (Lipinski definition) is 5. The van der Waals surface area contributed by atoms with E-state index < -0.39 is 0 Å². The molecular weight excluding hydrogens is 318 g/mol. The fraction of sp³-hybridized carbons (Fsp3) is 0.368. The Hall–Kier alpha value is -2.76. The lowest BCUT2D eigenvalue weighted by molar-refractivity contribution is -0.129. The second-order valence-corrected chi connectivity index (χ2v) is 5.96. The smallest absolute Gasteiger partial charge is 0.224 e. The maximum Gasteiger partial charge on any atom is 0.224 e. The van der Waals surface area contributed by atoms with Crippen LogP contribution in [0.5, 0.6) is 11.5 Å². The summed E-state index contributed by atoms with van der Waals surface area (Å²) in [7, 11) is 1.84. The lowest BCUT2D eigenvalue weighted by Gasteiger charge is -2.20. The van der Waals surface area contributed by atoms with Crippen LogP contribution in [0.25, 0.3) is 0 Å². The van der Waals surface area contributed by atoms with Crippen LogP contribution in [0, 0.1) is 0 Å². The minimum Gasteiger partial charge on any atom is -0.486 e. The number of carbonyl (C=O) groups excluding carboxylic acids is 1. The van der Waals surface area contributed by atoms with Crippen molar-refractivity contribution in [2.75, 3.05) is 38.7 Å². The van der Waals surface area contributed by atoms with Gasteiger partial charge in [-0.2, -0.15) is 0 Å². The zero-order valence-corrected chi connectivity index (χ0v) is 14.4. The minimum absolute atomic E-state index is 0.124. The van der Waals surface area contributed by atoms with Crippen LogP contribution in [0.3, 0.4) is 0 Å². The summed E-state index contributed by atoms with van der Waals surface area (Å²) in [6.07, 6.45) is 4.82. The molecule has 0 saturated heterocycles. The molecule has 132 valence electrons. The monoisotopic (exact) mass is 341 g/mol. The van der Waals surface area contributed by atoms with Gasteiger partial charge in [-0.15, -0.1) is 0 Å². The maximum atomic E-state index is 12.2. The Labute approximate surface area is 147 Å². The zero-order chi connectivity index (χ0) is 17.5. The molecule has 1 aromatic carbocycles. The van der Waals surface area contributed by atoms with E-state index in [1.54, 1.807) is 17.3 Å². The molecule has 0 spiro atoms. The van der Waals surface area contributed by atoms with E-state index in [0.29, 0.717) is 32.7 Å². The molecule has 1 aliphatic rings. The Kier molecular flexibility index (Phi) is 5.72. The second kappa shape index (κ2) is 8.37. The van der Waals surface area contributed by atoms with Crippen molar-refractivity contribution in [2.45, 2.75) is 12.8 Å². The van der Waals surface area contributed by atoms with Gasteiger partial charge < -0.3 is 19.7 Å². The third kappa shape index (κ3) is 4.86. The molecule has 1 aromatic heterocycles. The molecule has 0 saturated carbocycles. The molecule has 0 unspecified atom stereocenters. The van der Waals surface area contributed by atoms with E-state index in [1.807, 2.05) is 37.4 Å². The average Bonchev–Trinajstić information content (AvgIpc) is 2.66. The number of likely N-dealkylation sites (N-methyl/N-ethyl adjacent to an activating group) is 1. The van der Waals surface area contributed by atoms with E-state index >= 15 is 0 Å². The number of ether oxygens (including phenoxy) is 2. The molecule has 1 aliphatic heterocycles. The summed E-state index contributed by atoms with van der Waals surface area (Å²) in [5.41, 5.74) is 2.11. The SMILES string of the molecule is CN(CCc1ccncc1)C(=O)CCNc1ccc2c(c1)OCCO2. The van der Waals surface area contributed by atoms with Gasteiger partial charge in [0.1, 0.15) is 13.2 Å². The normalized spacial score (nSPS) is 12.5. The van der Waals surface area contributed by atoms with Crippen LogP contribution in [-0.2, 0) is 11.2 Å². The number of anilines is 1. The number of carbonyl (C=O) groups is 1. The van der Waals surface area contributed by atoms with E-state index in [4.69, 9.17) is 9.47 Å². The van der Waals surface area contributed by atoms with Crippen LogP contribution >= 0.6 is 0 Å². The molecule has 0 bridgehead atoms. The van der Waals surface area contributed by atoms with Crippen molar-refractivity contribution in [2.24, 2.45) is 0 Å². The van der Waals surface area contributed by atoms with Gasteiger partial charge in [-0.1, -0.05) is 0 Å². The van der Waals surface area contributed by atoms with Crippen molar-refractivity contribution in [3.63, 3.8) is 0 Å². The van der Waals surface area contributed by atoms with Crippen molar-refractivity contribution in [3.8, 4) is 11.5 Å². The van der Waals surface area contributed by atoms with Crippen LogP contribution in [0.2, 0.25) is 0 Å². The molecule has 1 N–H and O–H groups in total. The topological polar surface area (TPSA) is 63.7 Å². The Morgan fingerprint density at radius 3 is 2.72 bits per heavy atom. The van der Waals surface area contributed by atoms with Crippen LogP contribution in [0.15, 0.2) is 42.7 Å². The van der Waals surface area contributed by atoms with E-state index in [-0.39, 0.29) is 5.91 Å². The quantitative estimate of drug-likeness (QED) is 0.837. The summed E-state index contributed by atoms with van der Waals surface area (Å²) in [5.74, 6) is 1.64.